The number of amides is 1. The van der Waals surface area contributed by atoms with Crippen molar-refractivity contribution in [3.8, 4) is 0 Å². The highest BCUT2D eigenvalue weighted by atomic mass is 16.4. The quantitative estimate of drug-likeness (QED) is 0.803. The van der Waals surface area contributed by atoms with Gasteiger partial charge in [0, 0.05) is 12.5 Å². The van der Waals surface area contributed by atoms with Crippen molar-refractivity contribution in [2.24, 2.45) is 29.6 Å². The van der Waals surface area contributed by atoms with E-state index in [1.807, 2.05) is 0 Å². The van der Waals surface area contributed by atoms with Crippen LogP contribution in [0.1, 0.15) is 32.1 Å². The number of likely N-dealkylation sites (tertiary alicyclic amines) is 1. The lowest BCUT2D eigenvalue weighted by atomic mass is 10.0. The van der Waals surface area contributed by atoms with Crippen molar-refractivity contribution in [2.45, 2.75) is 38.1 Å². The Balaban J connectivity index is 1.50. The van der Waals surface area contributed by atoms with E-state index in [0.29, 0.717) is 24.8 Å². The van der Waals surface area contributed by atoms with Crippen LogP contribution in [0.2, 0.25) is 0 Å². The predicted molar refractivity (Wildman–Crippen MR) is 63.7 cm³/mol. The Kier molecular flexibility index (Phi) is 2.10. The van der Waals surface area contributed by atoms with Gasteiger partial charge in [-0.1, -0.05) is 0 Å². The highest BCUT2D eigenvalue weighted by molar-refractivity contribution is 5.88. The average molecular weight is 249 g/mol. The van der Waals surface area contributed by atoms with Gasteiger partial charge in [-0.3, -0.25) is 4.79 Å². The second kappa shape index (κ2) is 3.49. The van der Waals surface area contributed by atoms with E-state index in [1.165, 1.54) is 19.3 Å². The van der Waals surface area contributed by atoms with Crippen LogP contribution in [0.3, 0.4) is 0 Å². The SMILES string of the molecule is O=C(O)[C@H]1CCCN1C(=O)C1C2C3CCC(C3)C12. The summed E-state index contributed by atoms with van der Waals surface area (Å²) in [6, 6.07) is -0.545. The third-order valence-electron chi connectivity index (χ3n) is 5.84. The Bertz CT molecular complexity index is 405. The van der Waals surface area contributed by atoms with Crippen LogP contribution in [0.15, 0.2) is 0 Å². The van der Waals surface area contributed by atoms with E-state index < -0.39 is 12.0 Å². The van der Waals surface area contributed by atoms with Crippen LogP contribution in [-0.2, 0) is 9.59 Å². The number of hydrogen-bond donors (Lipinski definition) is 1. The lowest BCUT2D eigenvalue weighted by molar-refractivity contribution is -0.149. The highest BCUT2D eigenvalue weighted by Crippen LogP contribution is 2.69. The largest absolute Gasteiger partial charge is 0.480 e. The molecule has 1 amide bonds. The molecule has 5 atom stereocenters. The monoisotopic (exact) mass is 249 g/mol. The zero-order valence-electron chi connectivity index (χ0n) is 10.4. The molecule has 3 aliphatic carbocycles. The first-order valence-corrected chi connectivity index (χ1v) is 7.22. The minimum atomic E-state index is -0.824. The van der Waals surface area contributed by atoms with Crippen molar-refractivity contribution in [1.82, 2.24) is 4.90 Å². The Labute approximate surface area is 106 Å². The second-order valence-corrected chi connectivity index (χ2v) is 6.54. The number of hydrogen-bond acceptors (Lipinski definition) is 2. The fourth-order valence-electron chi connectivity index (χ4n) is 5.13. The minimum absolute atomic E-state index is 0.159. The average Bonchev–Trinajstić information content (AvgIpc) is 2.78. The van der Waals surface area contributed by atoms with Crippen molar-refractivity contribution >= 4 is 11.9 Å². The molecular formula is C14H19NO3. The molecular weight excluding hydrogens is 230 g/mol. The predicted octanol–water partition coefficient (Wildman–Crippen LogP) is 1.35. The van der Waals surface area contributed by atoms with Gasteiger partial charge in [-0.05, 0) is 55.8 Å². The van der Waals surface area contributed by atoms with E-state index in [2.05, 4.69) is 0 Å². The second-order valence-electron chi connectivity index (χ2n) is 6.54. The van der Waals surface area contributed by atoms with Gasteiger partial charge in [0.15, 0.2) is 0 Å². The lowest BCUT2D eigenvalue weighted by Gasteiger charge is -2.23. The Morgan fingerprint density at radius 2 is 1.72 bits per heavy atom. The molecule has 4 aliphatic rings. The van der Waals surface area contributed by atoms with Gasteiger partial charge < -0.3 is 10.0 Å². The molecule has 0 spiro atoms. The molecule has 0 aromatic carbocycles. The summed E-state index contributed by atoms with van der Waals surface area (Å²) in [6.07, 6.45) is 5.42. The van der Waals surface area contributed by atoms with Gasteiger partial charge in [0.2, 0.25) is 5.91 Å². The van der Waals surface area contributed by atoms with E-state index in [-0.39, 0.29) is 11.8 Å². The maximum Gasteiger partial charge on any atom is 0.326 e. The Morgan fingerprint density at radius 1 is 1.06 bits per heavy atom. The first kappa shape index (κ1) is 10.8. The topological polar surface area (TPSA) is 57.6 Å². The van der Waals surface area contributed by atoms with Crippen molar-refractivity contribution in [3.05, 3.63) is 0 Å². The number of carbonyl (C=O) groups is 2. The molecule has 4 nitrogen and oxygen atoms in total. The molecule has 0 aromatic heterocycles. The molecule has 0 aromatic rings. The third-order valence-corrected chi connectivity index (χ3v) is 5.84. The molecule has 1 aliphatic heterocycles. The van der Waals surface area contributed by atoms with Crippen molar-refractivity contribution in [2.75, 3.05) is 6.54 Å². The maximum atomic E-state index is 12.5. The lowest BCUT2D eigenvalue weighted by Crippen LogP contribution is -2.42. The van der Waals surface area contributed by atoms with Crippen LogP contribution in [0, 0.1) is 29.6 Å². The minimum Gasteiger partial charge on any atom is -0.480 e. The van der Waals surface area contributed by atoms with Crippen LogP contribution in [0.25, 0.3) is 0 Å². The molecule has 4 rings (SSSR count). The smallest absolute Gasteiger partial charge is 0.326 e. The van der Waals surface area contributed by atoms with Crippen molar-refractivity contribution in [1.29, 1.82) is 0 Å². The van der Waals surface area contributed by atoms with Crippen LogP contribution in [0.5, 0.6) is 0 Å². The van der Waals surface area contributed by atoms with Gasteiger partial charge in [-0.2, -0.15) is 0 Å². The zero-order valence-corrected chi connectivity index (χ0v) is 10.4. The molecule has 4 fully saturated rings. The maximum absolute atomic E-state index is 12.5. The molecule has 4 unspecified atom stereocenters. The summed E-state index contributed by atoms with van der Waals surface area (Å²) < 4.78 is 0. The van der Waals surface area contributed by atoms with E-state index in [0.717, 1.165) is 18.3 Å². The first-order valence-electron chi connectivity index (χ1n) is 7.22. The van der Waals surface area contributed by atoms with E-state index >= 15 is 0 Å². The summed E-state index contributed by atoms with van der Waals surface area (Å²) in [5.74, 6) is 2.31. The number of carbonyl (C=O) groups excluding carboxylic acids is 1. The van der Waals surface area contributed by atoms with Gasteiger partial charge in [-0.15, -0.1) is 0 Å². The summed E-state index contributed by atoms with van der Waals surface area (Å²) in [5.41, 5.74) is 0. The molecule has 1 heterocycles. The van der Waals surface area contributed by atoms with E-state index in [1.54, 1.807) is 4.90 Å². The molecule has 3 saturated carbocycles. The fraction of sp³-hybridized carbons (Fsp3) is 0.857. The number of rotatable bonds is 2. The van der Waals surface area contributed by atoms with Crippen molar-refractivity contribution in [3.63, 3.8) is 0 Å². The molecule has 4 heteroatoms. The van der Waals surface area contributed by atoms with Gasteiger partial charge in [0.25, 0.3) is 0 Å². The molecule has 98 valence electrons. The molecule has 2 bridgehead atoms. The van der Waals surface area contributed by atoms with Crippen molar-refractivity contribution < 1.29 is 14.7 Å². The van der Waals surface area contributed by atoms with Crippen LogP contribution in [-0.4, -0.2) is 34.5 Å². The van der Waals surface area contributed by atoms with Gasteiger partial charge in [0.1, 0.15) is 6.04 Å². The number of nitrogens with zero attached hydrogens (tertiary/aromatic N) is 1. The van der Waals surface area contributed by atoms with Gasteiger partial charge in [-0.25, -0.2) is 4.79 Å². The Hall–Kier alpha value is -1.06. The standard InChI is InChI=1S/C14H19NO3/c16-13(15-5-1-2-9(15)14(17)18)12-10-7-3-4-8(6-7)11(10)12/h7-12H,1-6H2,(H,17,18)/t7?,8?,9-,10?,11?,12?/m1/s1. The van der Waals surface area contributed by atoms with E-state index in [4.69, 9.17) is 5.11 Å². The number of fused-ring (bicyclic) bond motifs is 5. The van der Waals surface area contributed by atoms with E-state index in [9.17, 15) is 9.59 Å². The summed E-state index contributed by atoms with van der Waals surface area (Å²) in [7, 11) is 0. The third kappa shape index (κ3) is 1.26. The summed E-state index contributed by atoms with van der Waals surface area (Å²) in [4.78, 5) is 25.3. The van der Waals surface area contributed by atoms with Crippen LogP contribution >= 0.6 is 0 Å². The number of carboxylic acid groups (broad SMARTS) is 1. The number of carboxylic acids is 1. The fourth-order valence-corrected chi connectivity index (χ4v) is 5.13. The van der Waals surface area contributed by atoms with Crippen LogP contribution in [0.4, 0.5) is 0 Å². The summed E-state index contributed by atoms with van der Waals surface area (Å²) >= 11 is 0. The highest BCUT2D eigenvalue weighted by Gasteiger charge is 2.68. The molecule has 1 saturated heterocycles. The summed E-state index contributed by atoms with van der Waals surface area (Å²) in [6.45, 7) is 0.654. The normalized spacial score (nSPS) is 48.3. The molecule has 18 heavy (non-hydrogen) atoms. The summed E-state index contributed by atoms with van der Waals surface area (Å²) in [5, 5.41) is 9.16. The molecule has 1 N–H and O–H groups in total. The Morgan fingerprint density at radius 3 is 2.33 bits per heavy atom. The number of aliphatic carboxylic acids is 1. The van der Waals surface area contributed by atoms with Crippen LogP contribution < -0.4 is 0 Å². The zero-order chi connectivity index (χ0) is 12.4. The van der Waals surface area contributed by atoms with Gasteiger partial charge in [0.05, 0.1) is 0 Å². The first-order chi connectivity index (χ1) is 8.68. The van der Waals surface area contributed by atoms with Gasteiger partial charge >= 0.3 is 5.97 Å². The molecule has 0 radical (unpaired) electrons.